The molecule has 1 saturated heterocycles. The van der Waals surface area contributed by atoms with Crippen LogP contribution in [0, 0.1) is 22.9 Å². The molecule has 0 bridgehead atoms. The number of hydrogen-bond donors (Lipinski definition) is 0. The summed E-state index contributed by atoms with van der Waals surface area (Å²) in [5.74, 6) is -4.19. The Bertz CT molecular complexity index is 1220. The first-order chi connectivity index (χ1) is 17.0. The molecule has 2 aliphatic heterocycles. The number of carbonyl (C=O) groups excluding carboxylic acids is 2. The number of Topliss-reactive ketones (excluding diaryl/α,β-unsaturated/α-hetero) is 1. The summed E-state index contributed by atoms with van der Waals surface area (Å²) in [4.78, 5) is 39.0. The van der Waals surface area contributed by atoms with Crippen LogP contribution in [0.4, 0.5) is 30.5 Å². The minimum atomic E-state index is -2.14. The first kappa shape index (κ1) is 25.7. The molecule has 2 aliphatic rings. The van der Waals surface area contributed by atoms with E-state index in [9.17, 15) is 14.0 Å². The van der Waals surface area contributed by atoms with Gasteiger partial charge in [-0.1, -0.05) is 20.8 Å². The van der Waals surface area contributed by atoms with Crippen molar-refractivity contribution in [1.29, 1.82) is 0 Å². The van der Waals surface area contributed by atoms with E-state index < -0.39 is 46.7 Å². The molecule has 2 aromatic rings. The number of hydrogen-bond acceptors (Lipinski definition) is 7. The molecule has 10 heteroatoms. The maximum atomic E-state index is 15.3. The standard InChI is InChI=1S/C26H29F3N4O3/c1-5-36-24(35)26(30-14-25(2,3)4)15-33(20-9-8-16(27)12-18(20)28)22-17(21(26)34)13-19(29)23(31-22)32-10-6-7-11-32/h8-9,12-14H,5-7,10-11,15H2,1-4H3. The van der Waals surface area contributed by atoms with E-state index in [2.05, 4.69) is 9.98 Å². The third-order valence-electron chi connectivity index (χ3n) is 6.09. The molecule has 192 valence electrons. The van der Waals surface area contributed by atoms with Crippen molar-refractivity contribution in [3.8, 4) is 0 Å². The number of halogens is 3. The summed E-state index contributed by atoms with van der Waals surface area (Å²) < 4.78 is 49.3. The highest BCUT2D eigenvalue weighted by molar-refractivity contribution is 6.21. The zero-order valence-electron chi connectivity index (χ0n) is 20.8. The molecule has 1 fully saturated rings. The molecule has 36 heavy (non-hydrogen) atoms. The van der Waals surface area contributed by atoms with Crippen LogP contribution in [-0.4, -0.2) is 54.7 Å². The Morgan fingerprint density at radius 2 is 1.83 bits per heavy atom. The highest BCUT2D eigenvalue weighted by atomic mass is 19.1. The van der Waals surface area contributed by atoms with E-state index in [0.717, 1.165) is 25.0 Å². The van der Waals surface area contributed by atoms with Crippen molar-refractivity contribution in [3.63, 3.8) is 0 Å². The minimum absolute atomic E-state index is 0.0281. The number of rotatable bonds is 5. The molecule has 0 radical (unpaired) electrons. The molecule has 1 aromatic carbocycles. The van der Waals surface area contributed by atoms with E-state index in [4.69, 9.17) is 4.74 Å². The molecule has 1 aromatic heterocycles. The quantitative estimate of drug-likeness (QED) is 0.331. The van der Waals surface area contributed by atoms with E-state index in [0.29, 0.717) is 19.2 Å². The summed E-state index contributed by atoms with van der Waals surface area (Å²) in [7, 11) is 0. The van der Waals surface area contributed by atoms with Gasteiger partial charge in [-0.3, -0.25) is 9.79 Å². The predicted octanol–water partition coefficient (Wildman–Crippen LogP) is 4.85. The second-order valence-electron chi connectivity index (χ2n) is 10.1. The van der Waals surface area contributed by atoms with Crippen molar-refractivity contribution < 1.29 is 27.5 Å². The fourth-order valence-corrected chi connectivity index (χ4v) is 4.35. The third kappa shape index (κ3) is 4.68. The molecule has 1 atom stereocenters. The molecule has 0 aliphatic carbocycles. The third-order valence-corrected chi connectivity index (χ3v) is 6.09. The van der Waals surface area contributed by atoms with Crippen LogP contribution in [0.1, 0.15) is 50.9 Å². The van der Waals surface area contributed by atoms with Gasteiger partial charge in [0, 0.05) is 25.4 Å². The van der Waals surface area contributed by atoms with Gasteiger partial charge in [0.2, 0.25) is 11.3 Å². The van der Waals surface area contributed by atoms with Gasteiger partial charge in [0.15, 0.2) is 11.6 Å². The SMILES string of the molecule is CCOC(=O)C1(N=CC(C)(C)C)CN(c2ccc(F)cc2F)c2nc(N3CCCC3)c(F)cc2C1=O. The van der Waals surface area contributed by atoms with Crippen LogP contribution in [0.5, 0.6) is 0 Å². The number of benzene rings is 1. The topological polar surface area (TPSA) is 75.1 Å². The lowest BCUT2D eigenvalue weighted by Gasteiger charge is -2.39. The first-order valence-electron chi connectivity index (χ1n) is 11.9. The monoisotopic (exact) mass is 502 g/mol. The average Bonchev–Trinajstić information content (AvgIpc) is 3.33. The van der Waals surface area contributed by atoms with E-state index in [1.54, 1.807) is 11.8 Å². The summed E-state index contributed by atoms with van der Waals surface area (Å²) in [6.45, 7) is 7.77. The summed E-state index contributed by atoms with van der Waals surface area (Å²) in [6, 6.07) is 3.96. The normalized spacial score (nSPS) is 20.2. The molecular formula is C26H29F3N4O3. The maximum Gasteiger partial charge on any atom is 0.344 e. The van der Waals surface area contributed by atoms with Gasteiger partial charge in [0.05, 0.1) is 24.4 Å². The Morgan fingerprint density at radius 3 is 2.44 bits per heavy atom. The highest BCUT2D eigenvalue weighted by Gasteiger charge is 2.54. The number of anilines is 3. The van der Waals surface area contributed by atoms with Gasteiger partial charge in [-0.05, 0) is 43.4 Å². The molecule has 0 saturated carbocycles. The number of ether oxygens (including phenoxy) is 1. The number of pyridine rings is 1. The highest BCUT2D eigenvalue weighted by Crippen LogP contribution is 2.41. The zero-order chi connectivity index (χ0) is 26.3. The van der Waals surface area contributed by atoms with Crippen LogP contribution < -0.4 is 9.80 Å². The van der Waals surface area contributed by atoms with E-state index in [-0.39, 0.29) is 29.5 Å². The first-order valence-corrected chi connectivity index (χ1v) is 11.9. The predicted molar refractivity (Wildman–Crippen MR) is 131 cm³/mol. The number of esters is 1. The van der Waals surface area contributed by atoms with Crippen LogP contribution in [0.2, 0.25) is 0 Å². The van der Waals surface area contributed by atoms with Crippen LogP contribution in [-0.2, 0) is 9.53 Å². The van der Waals surface area contributed by atoms with Gasteiger partial charge >= 0.3 is 5.97 Å². The Labute approximate surface area is 208 Å². The lowest BCUT2D eigenvalue weighted by Crippen LogP contribution is -2.57. The molecule has 7 nitrogen and oxygen atoms in total. The van der Waals surface area contributed by atoms with Crippen LogP contribution in [0.3, 0.4) is 0 Å². The Balaban J connectivity index is 1.97. The van der Waals surface area contributed by atoms with E-state index >= 15 is 8.78 Å². The number of carbonyl (C=O) groups is 2. The Hall–Kier alpha value is -3.43. The van der Waals surface area contributed by atoms with Crippen molar-refractivity contribution in [1.82, 2.24) is 4.98 Å². The van der Waals surface area contributed by atoms with Crippen molar-refractivity contribution >= 4 is 35.3 Å². The second-order valence-corrected chi connectivity index (χ2v) is 10.1. The summed E-state index contributed by atoms with van der Waals surface area (Å²) >= 11 is 0. The summed E-state index contributed by atoms with van der Waals surface area (Å²) in [5, 5.41) is 0. The smallest absolute Gasteiger partial charge is 0.344 e. The number of aromatic nitrogens is 1. The molecule has 3 heterocycles. The molecular weight excluding hydrogens is 473 g/mol. The van der Waals surface area contributed by atoms with Gasteiger partial charge in [0.25, 0.3) is 0 Å². The number of fused-ring (bicyclic) bond motifs is 1. The fourth-order valence-electron chi connectivity index (χ4n) is 4.35. The zero-order valence-corrected chi connectivity index (χ0v) is 20.8. The van der Waals surface area contributed by atoms with Gasteiger partial charge < -0.3 is 14.5 Å². The Kier molecular flexibility index (Phi) is 6.81. The van der Waals surface area contributed by atoms with Crippen molar-refractivity contribution in [2.24, 2.45) is 10.4 Å². The van der Waals surface area contributed by atoms with Crippen molar-refractivity contribution in [2.45, 2.75) is 46.1 Å². The number of ketones is 1. The Morgan fingerprint density at radius 1 is 1.14 bits per heavy atom. The molecule has 1 unspecified atom stereocenters. The van der Waals surface area contributed by atoms with Gasteiger partial charge in [-0.15, -0.1) is 0 Å². The van der Waals surface area contributed by atoms with Crippen LogP contribution in [0.15, 0.2) is 29.3 Å². The summed E-state index contributed by atoms with van der Waals surface area (Å²) in [6.07, 6.45) is 3.18. The van der Waals surface area contributed by atoms with Crippen molar-refractivity contribution in [3.05, 3.63) is 47.3 Å². The number of aliphatic imine (C=N–C) groups is 1. The second kappa shape index (κ2) is 9.55. The van der Waals surface area contributed by atoms with Gasteiger partial charge in [0.1, 0.15) is 17.5 Å². The molecule has 0 spiro atoms. The minimum Gasteiger partial charge on any atom is -0.464 e. The molecule has 0 amide bonds. The largest absolute Gasteiger partial charge is 0.464 e. The van der Waals surface area contributed by atoms with Crippen LogP contribution in [0.25, 0.3) is 0 Å². The fraction of sp³-hybridized carbons (Fsp3) is 0.462. The van der Waals surface area contributed by atoms with E-state index in [1.807, 2.05) is 20.8 Å². The van der Waals surface area contributed by atoms with Gasteiger partial charge in [-0.2, -0.15) is 0 Å². The number of nitrogens with zero attached hydrogens (tertiary/aromatic N) is 4. The van der Waals surface area contributed by atoms with E-state index in [1.165, 1.54) is 17.2 Å². The van der Waals surface area contributed by atoms with Gasteiger partial charge in [-0.25, -0.2) is 22.9 Å². The average molecular weight is 503 g/mol. The van der Waals surface area contributed by atoms with Crippen molar-refractivity contribution in [2.75, 3.05) is 36.0 Å². The lowest BCUT2D eigenvalue weighted by atomic mass is 9.84. The van der Waals surface area contributed by atoms with Crippen LogP contribution >= 0.6 is 0 Å². The maximum absolute atomic E-state index is 15.3. The molecule has 0 N–H and O–H groups in total. The summed E-state index contributed by atoms with van der Waals surface area (Å²) in [5.41, 5.74) is -3.02. The molecule has 4 rings (SSSR count). The lowest BCUT2D eigenvalue weighted by molar-refractivity contribution is -0.147.